The summed E-state index contributed by atoms with van der Waals surface area (Å²) in [5.74, 6) is 0. The molecule has 0 bridgehead atoms. The van der Waals surface area contributed by atoms with Crippen molar-refractivity contribution in [1.82, 2.24) is 10.6 Å². The van der Waals surface area contributed by atoms with Gasteiger partial charge in [-0.2, -0.15) is 26.3 Å². The second kappa shape index (κ2) is 8.21. The Morgan fingerprint density at radius 2 is 1.67 bits per heavy atom. The lowest BCUT2D eigenvalue weighted by Gasteiger charge is -2.32. The molecule has 0 radical (unpaired) electrons. The minimum Gasteiger partial charge on any atom is -0.442 e. The Hall–Kier alpha value is -2.79. The summed E-state index contributed by atoms with van der Waals surface area (Å²) in [6.45, 7) is 1.31. The van der Waals surface area contributed by atoms with E-state index in [0.717, 1.165) is 5.56 Å². The van der Waals surface area contributed by atoms with Crippen LogP contribution in [0.3, 0.4) is 0 Å². The molecule has 2 saturated heterocycles. The predicted molar refractivity (Wildman–Crippen MR) is 104 cm³/mol. The number of ether oxygens (including phenoxy) is 2. The van der Waals surface area contributed by atoms with Crippen molar-refractivity contribution in [2.24, 2.45) is 0 Å². The molecule has 0 unspecified atom stereocenters. The highest BCUT2D eigenvalue weighted by Gasteiger charge is 2.52. The summed E-state index contributed by atoms with van der Waals surface area (Å²) in [5.41, 5.74) is -3.13. The molecule has 2 heterocycles. The van der Waals surface area contributed by atoms with Gasteiger partial charge in [-0.25, -0.2) is 4.79 Å². The maximum atomic E-state index is 13.2. The number of hydrogen-bond acceptors (Lipinski definition) is 4. The van der Waals surface area contributed by atoms with Crippen LogP contribution in [0.15, 0.2) is 48.5 Å². The van der Waals surface area contributed by atoms with Gasteiger partial charge in [0.25, 0.3) is 0 Å². The quantitative estimate of drug-likeness (QED) is 0.591. The van der Waals surface area contributed by atoms with Gasteiger partial charge in [-0.1, -0.05) is 30.3 Å². The van der Waals surface area contributed by atoms with Crippen LogP contribution in [0.25, 0.3) is 0 Å². The summed E-state index contributed by atoms with van der Waals surface area (Å²) < 4.78 is 90.3. The van der Waals surface area contributed by atoms with E-state index in [-0.39, 0.29) is 18.2 Å². The Balaban J connectivity index is 1.60. The van der Waals surface area contributed by atoms with Gasteiger partial charge < -0.3 is 14.8 Å². The van der Waals surface area contributed by atoms with Crippen molar-refractivity contribution in [3.63, 3.8) is 0 Å². The van der Waals surface area contributed by atoms with Crippen LogP contribution in [-0.2, 0) is 27.4 Å². The number of alkyl halides is 6. The first-order valence-electron chi connectivity index (χ1n) is 10.1. The molecule has 0 aliphatic carbocycles. The third-order valence-corrected chi connectivity index (χ3v) is 5.87. The van der Waals surface area contributed by atoms with Gasteiger partial charge in [0.15, 0.2) is 0 Å². The van der Waals surface area contributed by atoms with Crippen LogP contribution in [0, 0.1) is 0 Å². The van der Waals surface area contributed by atoms with Gasteiger partial charge in [-0.05, 0) is 36.2 Å². The zero-order valence-corrected chi connectivity index (χ0v) is 17.3. The molecule has 0 aromatic heterocycles. The molecule has 2 aromatic rings. The van der Waals surface area contributed by atoms with Crippen LogP contribution in [0.2, 0.25) is 0 Å². The SMILES string of the molecule is C[C@@H](OC[C@@]1(c2ccccc2)C[C@H]2OC(=O)N[C@H]2N1)c1cc(C(F)(F)F)cc(C(F)(F)F)c1. The van der Waals surface area contributed by atoms with Crippen LogP contribution < -0.4 is 10.6 Å². The smallest absolute Gasteiger partial charge is 0.416 e. The van der Waals surface area contributed by atoms with Crippen LogP contribution >= 0.6 is 0 Å². The number of rotatable bonds is 5. The first kappa shape index (κ1) is 23.4. The fraction of sp³-hybridized carbons (Fsp3) is 0.409. The van der Waals surface area contributed by atoms with Gasteiger partial charge in [0, 0.05) is 6.42 Å². The number of fused-ring (bicyclic) bond motifs is 1. The van der Waals surface area contributed by atoms with Crippen molar-refractivity contribution in [1.29, 1.82) is 0 Å². The van der Waals surface area contributed by atoms with Crippen molar-refractivity contribution in [2.75, 3.05) is 6.61 Å². The topological polar surface area (TPSA) is 59.6 Å². The van der Waals surface area contributed by atoms with Gasteiger partial charge in [-0.3, -0.25) is 5.32 Å². The molecule has 11 heteroatoms. The first-order chi connectivity index (χ1) is 15.4. The van der Waals surface area contributed by atoms with Crippen molar-refractivity contribution in [3.8, 4) is 0 Å². The molecule has 0 saturated carbocycles. The number of halogens is 6. The minimum absolute atomic E-state index is 0.0813. The zero-order valence-electron chi connectivity index (χ0n) is 17.3. The van der Waals surface area contributed by atoms with Gasteiger partial charge in [0.2, 0.25) is 0 Å². The second-order valence-corrected chi connectivity index (χ2v) is 8.15. The number of alkyl carbamates (subject to hydrolysis) is 1. The average molecular weight is 474 g/mol. The summed E-state index contributed by atoms with van der Waals surface area (Å²) in [6.07, 6.45) is -12.2. The number of amides is 1. The van der Waals surface area contributed by atoms with E-state index < -0.39 is 53.5 Å². The fourth-order valence-corrected chi connectivity index (χ4v) is 4.17. The Kier molecular flexibility index (Phi) is 5.81. The molecule has 2 aliphatic heterocycles. The van der Waals surface area contributed by atoms with Crippen molar-refractivity contribution in [3.05, 3.63) is 70.8 Å². The molecule has 33 heavy (non-hydrogen) atoms. The molecule has 178 valence electrons. The van der Waals surface area contributed by atoms with Gasteiger partial charge in [0.05, 0.1) is 29.4 Å². The largest absolute Gasteiger partial charge is 0.442 e. The van der Waals surface area contributed by atoms with Crippen LogP contribution in [-0.4, -0.2) is 25.0 Å². The summed E-state index contributed by atoms with van der Waals surface area (Å²) in [5, 5.41) is 5.88. The van der Waals surface area contributed by atoms with Gasteiger partial charge >= 0.3 is 18.4 Å². The number of benzene rings is 2. The minimum atomic E-state index is -4.94. The molecular weight excluding hydrogens is 454 g/mol. The number of carbonyl (C=O) groups is 1. The normalized spacial score (nSPS) is 26.0. The standard InChI is InChI=1S/C22H20F6N2O3/c1-12(13-7-15(21(23,24)25)9-16(8-13)22(26,27)28)32-11-20(14-5-3-2-4-6-14)10-17-18(30-20)29-19(31)33-17/h2-9,12,17-18,30H,10-11H2,1H3,(H,29,31)/t12-,17-,18+,20-/m1/s1. The van der Waals surface area contributed by atoms with Gasteiger partial charge in [0.1, 0.15) is 12.3 Å². The second-order valence-electron chi connectivity index (χ2n) is 8.15. The van der Waals surface area contributed by atoms with Crippen molar-refractivity contribution < 1.29 is 40.6 Å². The highest BCUT2D eigenvalue weighted by Crippen LogP contribution is 2.40. The molecular formula is C22H20F6N2O3. The van der Waals surface area contributed by atoms with E-state index in [1.807, 2.05) is 12.1 Å². The molecule has 4 rings (SSSR count). The fourth-order valence-electron chi connectivity index (χ4n) is 4.17. The van der Waals surface area contributed by atoms with Crippen LogP contribution in [0.5, 0.6) is 0 Å². The summed E-state index contributed by atoms with van der Waals surface area (Å²) in [6, 6.07) is 10.4. The first-order valence-corrected chi connectivity index (χ1v) is 10.1. The number of nitrogens with one attached hydrogen (secondary N) is 2. The van der Waals surface area contributed by atoms with E-state index in [9.17, 15) is 31.1 Å². The highest BCUT2D eigenvalue weighted by atomic mass is 19.4. The third kappa shape index (κ3) is 4.79. The number of carbonyl (C=O) groups excluding carboxylic acids is 1. The van der Waals surface area contributed by atoms with Crippen molar-refractivity contribution >= 4 is 6.09 Å². The van der Waals surface area contributed by atoms with Crippen LogP contribution in [0.4, 0.5) is 31.1 Å². The monoisotopic (exact) mass is 474 g/mol. The predicted octanol–water partition coefficient (Wildman–Crippen LogP) is 5.13. The lowest BCUT2D eigenvalue weighted by molar-refractivity contribution is -0.143. The molecule has 1 amide bonds. The molecule has 4 atom stereocenters. The molecule has 2 fully saturated rings. The highest BCUT2D eigenvalue weighted by molar-refractivity contribution is 5.70. The molecule has 2 aliphatic rings. The summed E-state index contributed by atoms with van der Waals surface area (Å²) in [7, 11) is 0. The van der Waals surface area contributed by atoms with E-state index in [4.69, 9.17) is 9.47 Å². The Bertz CT molecular complexity index is 977. The molecule has 2 N–H and O–H groups in total. The van der Waals surface area contributed by atoms with E-state index in [1.54, 1.807) is 18.2 Å². The summed E-state index contributed by atoms with van der Waals surface area (Å²) in [4.78, 5) is 11.5. The van der Waals surface area contributed by atoms with E-state index >= 15 is 0 Å². The lowest BCUT2D eigenvalue weighted by atomic mass is 9.88. The Labute approximate surface area is 185 Å². The average Bonchev–Trinajstić information content (AvgIpc) is 3.26. The van der Waals surface area contributed by atoms with E-state index in [0.29, 0.717) is 18.6 Å². The number of hydrogen-bond donors (Lipinski definition) is 2. The maximum absolute atomic E-state index is 13.2. The lowest BCUT2D eigenvalue weighted by Crippen LogP contribution is -2.49. The molecule has 2 aromatic carbocycles. The summed E-state index contributed by atoms with van der Waals surface area (Å²) >= 11 is 0. The maximum Gasteiger partial charge on any atom is 0.416 e. The van der Waals surface area contributed by atoms with E-state index in [2.05, 4.69) is 10.6 Å². The Morgan fingerprint density at radius 3 is 2.21 bits per heavy atom. The Morgan fingerprint density at radius 1 is 1.06 bits per heavy atom. The third-order valence-electron chi connectivity index (χ3n) is 5.87. The van der Waals surface area contributed by atoms with Crippen LogP contribution in [0.1, 0.15) is 41.7 Å². The molecule has 5 nitrogen and oxygen atoms in total. The van der Waals surface area contributed by atoms with Crippen molar-refractivity contribution in [2.45, 2.75) is 49.6 Å². The van der Waals surface area contributed by atoms with Gasteiger partial charge in [-0.15, -0.1) is 0 Å². The van der Waals surface area contributed by atoms with E-state index in [1.165, 1.54) is 6.92 Å². The zero-order chi connectivity index (χ0) is 24.0. The molecule has 0 spiro atoms.